The summed E-state index contributed by atoms with van der Waals surface area (Å²) in [5.41, 5.74) is 6.95. The molecule has 0 spiro atoms. The van der Waals surface area contributed by atoms with Crippen molar-refractivity contribution in [2.75, 3.05) is 6.61 Å². The Morgan fingerprint density at radius 2 is 2.14 bits per heavy atom. The highest BCUT2D eigenvalue weighted by molar-refractivity contribution is 5.79. The third kappa shape index (κ3) is 3.71. The summed E-state index contributed by atoms with van der Waals surface area (Å²) in [6.45, 7) is 1.81. The maximum absolute atomic E-state index is 10.3. The zero-order valence-electron chi connectivity index (χ0n) is 7.93. The van der Waals surface area contributed by atoms with Gasteiger partial charge in [-0.15, -0.1) is 0 Å². The molecule has 4 heteroatoms. The summed E-state index contributed by atoms with van der Waals surface area (Å²) < 4.78 is 0. The SMILES string of the molecule is Cc1ccc(C=NOCC(N)=O)cc1. The monoisotopic (exact) mass is 192 g/mol. The minimum absolute atomic E-state index is 0.192. The van der Waals surface area contributed by atoms with Crippen LogP contribution in [0.4, 0.5) is 0 Å². The van der Waals surface area contributed by atoms with Gasteiger partial charge in [0.15, 0.2) is 6.61 Å². The molecule has 4 nitrogen and oxygen atoms in total. The largest absolute Gasteiger partial charge is 0.386 e. The van der Waals surface area contributed by atoms with Gasteiger partial charge in [-0.2, -0.15) is 0 Å². The van der Waals surface area contributed by atoms with Crippen molar-refractivity contribution in [2.45, 2.75) is 6.92 Å². The first-order valence-corrected chi connectivity index (χ1v) is 4.19. The fraction of sp³-hybridized carbons (Fsp3) is 0.200. The van der Waals surface area contributed by atoms with Gasteiger partial charge in [-0.1, -0.05) is 35.0 Å². The summed E-state index contributed by atoms with van der Waals surface area (Å²) in [4.78, 5) is 14.9. The number of carbonyl (C=O) groups is 1. The number of amides is 1. The lowest BCUT2D eigenvalue weighted by molar-refractivity contribution is -0.122. The summed E-state index contributed by atoms with van der Waals surface area (Å²) in [6.07, 6.45) is 1.53. The van der Waals surface area contributed by atoms with E-state index in [-0.39, 0.29) is 6.61 Å². The molecule has 0 heterocycles. The number of hydrogen-bond donors (Lipinski definition) is 1. The molecule has 0 saturated carbocycles. The third-order valence-electron chi connectivity index (χ3n) is 1.56. The number of rotatable bonds is 4. The maximum Gasteiger partial charge on any atom is 0.258 e. The van der Waals surface area contributed by atoms with E-state index >= 15 is 0 Å². The van der Waals surface area contributed by atoms with Crippen molar-refractivity contribution in [1.82, 2.24) is 0 Å². The molecule has 0 aromatic heterocycles. The average Bonchev–Trinajstić information content (AvgIpc) is 2.15. The molecule has 0 fully saturated rings. The Hall–Kier alpha value is -1.84. The van der Waals surface area contributed by atoms with E-state index < -0.39 is 5.91 Å². The van der Waals surface area contributed by atoms with Crippen molar-refractivity contribution in [3.05, 3.63) is 35.4 Å². The van der Waals surface area contributed by atoms with Crippen LogP contribution in [0.15, 0.2) is 29.4 Å². The lowest BCUT2D eigenvalue weighted by Gasteiger charge is -1.95. The van der Waals surface area contributed by atoms with Crippen molar-refractivity contribution in [2.24, 2.45) is 10.9 Å². The first-order chi connectivity index (χ1) is 6.68. The molecule has 0 aliphatic heterocycles. The molecule has 0 radical (unpaired) electrons. The number of nitrogens with two attached hydrogens (primary N) is 1. The van der Waals surface area contributed by atoms with Gasteiger partial charge in [0, 0.05) is 0 Å². The Morgan fingerprint density at radius 1 is 1.50 bits per heavy atom. The number of oxime groups is 1. The molecule has 2 N–H and O–H groups in total. The van der Waals surface area contributed by atoms with Crippen molar-refractivity contribution >= 4 is 12.1 Å². The molecule has 0 aliphatic rings. The van der Waals surface area contributed by atoms with Crippen LogP contribution in [0.2, 0.25) is 0 Å². The molecule has 0 atom stereocenters. The van der Waals surface area contributed by atoms with E-state index in [1.807, 2.05) is 31.2 Å². The highest BCUT2D eigenvalue weighted by Crippen LogP contribution is 2.00. The van der Waals surface area contributed by atoms with Crippen molar-refractivity contribution in [1.29, 1.82) is 0 Å². The Bertz CT molecular complexity index is 330. The van der Waals surface area contributed by atoms with Gasteiger partial charge < -0.3 is 10.6 Å². The molecule has 0 unspecified atom stereocenters. The molecule has 0 aliphatic carbocycles. The van der Waals surface area contributed by atoms with Crippen LogP contribution in [-0.4, -0.2) is 18.7 Å². The number of hydrogen-bond acceptors (Lipinski definition) is 3. The van der Waals surface area contributed by atoms with Crippen LogP contribution in [-0.2, 0) is 9.63 Å². The summed E-state index contributed by atoms with van der Waals surface area (Å²) in [5, 5.41) is 3.59. The standard InChI is InChI=1S/C10H12N2O2/c1-8-2-4-9(5-3-8)6-12-14-7-10(11)13/h2-6H,7H2,1H3,(H2,11,13). The molecule has 0 bridgehead atoms. The Morgan fingerprint density at radius 3 is 2.71 bits per heavy atom. The predicted molar refractivity (Wildman–Crippen MR) is 53.9 cm³/mol. The summed E-state index contributed by atoms with van der Waals surface area (Å²) in [6, 6.07) is 7.75. The van der Waals surface area contributed by atoms with Gasteiger partial charge in [0.25, 0.3) is 5.91 Å². The summed E-state index contributed by atoms with van der Waals surface area (Å²) in [5.74, 6) is -0.536. The molecule has 1 aromatic rings. The van der Waals surface area contributed by atoms with Crippen molar-refractivity contribution < 1.29 is 9.63 Å². The predicted octanol–water partition coefficient (Wildman–Crippen LogP) is 0.831. The minimum atomic E-state index is -0.536. The minimum Gasteiger partial charge on any atom is -0.386 e. The quantitative estimate of drug-likeness (QED) is 0.567. The van der Waals surface area contributed by atoms with Gasteiger partial charge in [-0.3, -0.25) is 4.79 Å². The first-order valence-electron chi connectivity index (χ1n) is 4.19. The first kappa shape index (κ1) is 10.2. The molecule has 74 valence electrons. The molecule has 14 heavy (non-hydrogen) atoms. The van der Waals surface area contributed by atoms with Crippen molar-refractivity contribution in [3.8, 4) is 0 Å². The highest BCUT2D eigenvalue weighted by atomic mass is 16.6. The lowest BCUT2D eigenvalue weighted by Crippen LogP contribution is -2.16. The van der Waals surface area contributed by atoms with Gasteiger partial charge in [0.1, 0.15) is 0 Å². The Labute approximate surface area is 82.4 Å². The van der Waals surface area contributed by atoms with E-state index in [1.54, 1.807) is 0 Å². The molecular formula is C10H12N2O2. The van der Waals surface area contributed by atoms with Gasteiger partial charge in [0.05, 0.1) is 6.21 Å². The molecular weight excluding hydrogens is 180 g/mol. The Balaban J connectivity index is 2.44. The maximum atomic E-state index is 10.3. The van der Waals surface area contributed by atoms with E-state index in [0.29, 0.717) is 0 Å². The smallest absolute Gasteiger partial charge is 0.258 e. The van der Waals surface area contributed by atoms with E-state index in [0.717, 1.165) is 5.56 Å². The Kier molecular flexibility index (Phi) is 3.67. The molecule has 0 saturated heterocycles. The highest BCUT2D eigenvalue weighted by Gasteiger charge is 1.91. The molecule has 1 rings (SSSR count). The lowest BCUT2D eigenvalue weighted by atomic mass is 10.2. The van der Waals surface area contributed by atoms with E-state index in [1.165, 1.54) is 11.8 Å². The number of aryl methyl sites for hydroxylation is 1. The summed E-state index contributed by atoms with van der Waals surface area (Å²) >= 11 is 0. The third-order valence-corrected chi connectivity index (χ3v) is 1.56. The number of benzene rings is 1. The van der Waals surface area contributed by atoms with Crippen molar-refractivity contribution in [3.63, 3.8) is 0 Å². The van der Waals surface area contributed by atoms with Gasteiger partial charge in [0.2, 0.25) is 0 Å². The topological polar surface area (TPSA) is 64.7 Å². The van der Waals surface area contributed by atoms with Gasteiger partial charge >= 0.3 is 0 Å². The molecule has 1 amide bonds. The van der Waals surface area contributed by atoms with E-state index in [2.05, 4.69) is 9.99 Å². The fourth-order valence-electron chi connectivity index (χ4n) is 0.852. The van der Waals surface area contributed by atoms with Crippen LogP contribution < -0.4 is 5.73 Å². The van der Waals surface area contributed by atoms with E-state index in [4.69, 9.17) is 5.73 Å². The van der Waals surface area contributed by atoms with E-state index in [9.17, 15) is 4.79 Å². The second-order valence-corrected chi connectivity index (χ2v) is 2.88. The van der Waals surface area contributed by atoms with Crippen LogP contribution in [0.3, 0.4) is 0 Å². The normalized spacial score (nSPS) is 10.4. The summed E-state index contributed by atoms with van der Waals surface area (Å²) in [7, 11) is 0. The van der Waals surface area contributed by atoms with Crippen LogP contribution in [0.5, 0.6) is 0 Å². The van der Waals surface area contributed by atoms with Gasteiger partial charge in [-0.25, -0.2) is 0 Å². The zero-order valence-corrected chi connectivity index (χ0v) is 7.93. The van der Waals surface area contributed by atoms with Crippen LogP contribution >= 0.6 is 0 Å². The second kappa shape index (κ2) is 5.01. The number of primary amides is 1. The van der Waals surface area contributed by atoms with Crippen LogP contribution in [0.25, 0.3) is 0 Å². The van der Waals surface area contributed by atoms with Gasteiger partial charge in [-0.05, 0) is 12.5 Å². The average molecular weight is 192 g/mol. The van der Waals surface area contributed by atoms with Crippen LogP contribution in [0, 0.1) is 6.92 Å². The fourth-order valence-corrected chi connectivity index (χ4v) is 0.852. The van der Waals surface area contributed by atoms with Crippen LogP contribution in [0.1, 0.15) is 11.1 Å². The zero-order chi connectivity index (χ0) is 10.4. The molecule has 1 aromatic carbocycles. The number of nitrogens with zero attached hydrogens (tertiary/aromatic N) is 1. The number of carbonyl (C=O) groups excluding carboxylic acids is 1. The second-order valence-electron chi connectivity index (χ2n) is 2.88.